The molecule has 1 unspecified atom stereocenters. The van der Waals surface area contributed by atoms with Crippen molar-refractivity contribution in [2.24, 2.45) is 5.73 Å². The molecule has 3 heteroatoms. The van der Waals surface area contributed by atoms with Gasteiger partial charge in [0.15, 0.2) is 0 Å². The molecule has 0 amide bonds. The number of hydrogen-bond acceptors (Lipinski definition) is 3. The lowest BCUT2D eigenvalue weighted by atomic mass is 10.1. The summed E-state index contributed by atoms with van der Waals surface area (Å²) in [4.78, 5) is 2.30. The van der Waals surface area contributed by atoms with E-state index in [0.717, 1.165) is 13.2 Å². The summed E-state index contributed by atoms with van der Waals surface area (Å²) < 4.78 is 5.79. The van der Waals surface area contributed by atoms with Crippen molar-refractivity contribution in [2.45, 2.75) is 38.8 Å². The Hall–Kier alpha value is -1.06. The van der Waals surface area contributed by atoms with Crippen LogP contribution in [-0.2, 0) is 11.3 Å². The van der Waals surface area contributed by atoms with Crippen molar-refractivity contribution in [1.82, 2.24) is 0 Å². The molecule has 1 aromatic carbocycles. The van der Waals surface area contributed by atoms with E-state index in [9.17, 15) is 0 Å². The molecule has 2 rings (SSSR count). The first-order chi connectivity index (χ1) is 8.70. The van der Waals surface area contributed by atoms with Crippen LogP contribution in [0.3, 0.4) is 0 Å². The minimum Gasteiger partial charge on any atom is -0.376 e. The minimum atomic E-state index is 0.386. The highest BCUT2D eigenvalue weighted by Crippen LogP contribution is 2.22. The zero-order chi connectivity index (χ0) is 13.0. The molecule has 1 atom stereocenters. The first-order valence-corrected chi connectivity index (χ1v) is 6.83. The smallest absolute Gasteiger partial charge is 0.0749 e. The highest BCUT2D eigenvalue weighted by molar-refractivity contribution is 5.54. The third-order valence-electron chi connectivity index (χ3n) is 3.66. The van der Waals surface area contributed by atoms with Crippen LogP contribution in [0.25, 0.3) is 0 Å². The SMILES string of the molecule is Cc1cc(CN)ccc1N(C)CC1CCCCO1. The number of benzene rings is 1. The zero-order valence-corrected chi connectivity index (χ0v) is 11.5. The summed E-state index contributed by atoms with van der Waals surface area (Å²) in [6.45, 7) is 4.65. The van der Waals surface area contributed by atoms with Gasteiger partial charge in [-0.25, -0.2) is 0 Å². The predicted octanol–water partition coefficient (Wildman–Crippen LogP) is 2.46. The third kappa shape index (κ3) is 3.24. The number of nitrogens with zero attached hydrogens (tertiary/aromatic N) is 1. The number of hydrogen-bond donors (Lipinski definition) is 1. The summed E-state index contributed by atoms with van der Waals surface area (Å²) in [5.74, 6) is 0. The third-order valence-corrected chi connectivity index (χ3v) is 3.66. The number of anilines is 1. The normalized spacial score (nSPS) is 19.8. The molecule has 1 heterocycles. The first-order valence-electron chi connectivity index (χ1n) is 6.83. The standard InChI is InChI=1S/C15H24N2O/c1-12-9-13(10-16)6-7-15(12)17(2)11-14-5-3-4-8-18-14/h6-7,9,14H,3-5,8,10-11,16H2,1-2H3. The van der Waals surface area contributed by atoms with Gasteiger partial charge in [-0.05, 0) is 43.4 Å². The molecule has 0 saturated carbocycles. The van der Waals surface area contributed by atoms with E-state index >= 15 is 0 Å². The lowest BCUT2D eigenvalue weighted by Gasteiger charge is -2.29. The van der Waals surface area contributed by atoms with Gasteiger partial charge < -0.3 is 15.4 Å². The van der Waals surface area contributed by atoms with Crippen molar-refractivity contribution >= 4 is 5.69 Å². The summed E-state index contributed by atoms with van der Waals surface area (Å²) in [5, 5.41) is 0. The van der Waals surface area contributed by atoms with Gasteiger partial charge in [0.1, 0.15) is 0 Å². The molecule has 0 aliphatic carbocycles. The van der Waals surface area contributed by atoms with Gasteiger partial charge in [0.2, 0.25) is 0 Å². The van der Waals surface area contributed by atoms with Gasteiger partial charge in [0, 0.05) is 32.4 Å². The van der Waals surface area contributed by atoms with Crippen molar-refractivity contribution in [3.05, 3.63) is 29.3 Å². The van der Waals surface area contributed by atoms with Gasteiger partial charge >= 0.3 is 0 Å². The number of ether oxygens (including phenoxy) is 1. The minimum absolute atomic E-state index is 0.386. The molecular weight excluding hydrogens is 224 g/mol. The molecule has 100 valence electrons. The molecule has 1 aromatic rings. The maximum absolute atomic E-state index is 5.79. The van der Waals surface area contributed by atoms with Crippen LogP contribution in [0.1, 0.15) is 30.4 Å². The maximum atomic E-state index is 5.79. The monoisotopic (exact) mass is 248 g/mol. The Morgan fingerprint density at radius 3 is 2.83 bits per heavy atom. The van der Waals surface area contributed by atoms with E-state index in [1.807, 2.05) is 0 Å². The Morgan fingerprint density at radius 1 is 1.39 bits per heavy atom. The van der Waals surface area contributed by atoms with Crippen molar-refractivity contribution < 1.29 is 4.74 Å². The van der Waals surface area contributed by atoms with E-state index in [1.54, 1.807) is 0 Å². The molecular formula is C15H24N2O. The quantitative estimate of drug-likeness (QED) is 0.889. The van der Waals surface area contributed by atoms with Crippen LogP contribution in [0, 0.1) is 6.92 Å². The fourth-order valence-electron chi connectivity index (χ4n) is 2.63. The fraction of sp³-hybridized carbons (Fsp3) is 0.600. The second-order valence-corrected chi connectivity index (χ2v) is 5.19. The molecule has 0 bridgehead atoms. The second-order valence-electron chi connectivity index (χ2n) is 5.19. The van der Waals surface area contributed by atoms with Crippen LogP contribution >= 0.6 is 0 Å². The van der Waals surface area contributed by atoms with E-state index < -0.39 is 0 Å². The molecule has 0 spiro atoms. The number of rotatable bonds is 4. The number of aryl methyl sites for hydroxylation is 1. The Labute approximate surface area is 110 Å². The summed E-state index contributed by atoms with van der Waals surface area (Å²) >= 11 is 0. The van der Waals surface area contributed by atoms with Crippen LogP contribution in [0.4, 0.5) is 5.69 Å². The van der Waals surface area contributed by atoms with Crippen LogP contribution in [0.5, 0.6) is 0 Å². The molecule has 1 fully saturated rings. The molecule has 18 heavy (non-hydrogen) atoms. The van der Waals surface area contributed by atoms with Crippen LogP contribution in [-0.4, -0.2) is 26.3 Å². The van der Waals surface area contributed by atoms with Gasteiger partial charge in [-0.2, -0.15) is 0 Å². The molecule has 0 aromatic heterocycles. The highest BCUT2D eigenvalue weighted by atomic mass is 16.5. The van der Waals surface area contributed by atoms with E-state index in [2.05, 4.69) is 37.1 Å². The van der Waals surface area contributed by atoms with Gasteiger partial charge in [0.05, 0.1) is 6.10 Å². The zero-order valence-electron chi connectivity index (χ0n) is 11.5. The van der Waals surface area contributed by atoms with Gasteiger partial charge in [0.25, 0.3) is 0 Å². The van der Waals surface area contributed by atoms with Gasteiger partial charge in [-0.1, -0.05) is 12.1 Å². The summed E-state index contributed by atoms with van der Waals surface area (Å²) in [7, 11) is 2.14. The maximum Gasteiger partial charge on any atom is 0.0749 e. The van der Waals surface area contributed by atoms with E-state index in [-0.39, 0.29) is 0 Å². The van der Waals surface area contributed by atoms with Crippen LogP contribution < -0.4 is 10.6 Å². The Bertz CT molecular complexity index is 386. The van der Waals surface area contributed by atoms with Gasteiger partial charge in [-0.3, -0.25) is 0 Å². The van der Waals surface area contributed by atoms with E-state index in [1.165, 1.54) is 36.1 Å². The summed E-state index contributed by atoms with van der Waals surface area (Å²) in [6, 6.07) is 6.45. The van der Waals surface area contributed by atoms with E-state index in [4.69, 9.17) is 10.5 Å². The van der Waals surface area contributed by atoms with E-state index in [0.29, 0.717) is 12.6 Å². The summed E-state index contributed by atoms with van der Waals surface area (Å²) in [6.07, 6.45) is 4.08. The molecule has 3 nitrogen and oxygen atoms in total. The van der Waals surface area contributed by atoms with Crippen molar-refractivity contribution in [3.63, 3.8) is 0 Å². The van der Waals surface area contributed by atoms with Crippen LogP contribution in [0.2, 0.25) is 0 Å². The Morgan fingerprint density at radius 2 is 2.22 bits per heavy atom. The largest absolute Gasteiger partial charge is 0.376 e. The molecule has 1 aliphatic rings. The Balaban J connectivity index is 2.01. The van der Waals surface area contributed by atoms with Crippen LogP contribution in [0.15, 0.2) is 18.2 Å². The highest BCUT2D eigenvalue weighted by Gasteiger charge is 2.16. The second kappa shape index (κ2) is 6.21. The van der Waals surface area contributed by atoms with Gasteiger partial charge in [-0.15, -0.1) is 0 Å². The topological polar surface area (TPSA) is 38.5 Å². The first kappa shape index (κ1) is 13.4. The average Bonchev–Trinajstić information content (AvgIpc) is 2.39. The molecule has 0 radical (unpaired) electrons. The van der Waals surface area contributed by atoms with Crippen molar-refractivity contribution in [3.8, 4) is 0 Å². The predicted molar refractivity (Wildman–Crippen MR) is 75.9 cm³/mol. The lowest BCUT2D eigenvalue weighted by molar-refractivity contribution is 0.0216. The van der Waals surface area contributed by atoms with Crippen molar-refractivity contribution in [1.29, 1.82) is 0 Å². The summed E-state index contributed by atoms with van der Waals surface area (Å²) in [5.41, 5.74) is 9.42. The molecule has 1 aliphatic heterocycles. The Kier molecular flexibility index (Phi) is 4.61. The molecule has 2 N–H and O–H groups in total. The number of likely N-dealkylation sites (N-methyl/N-ethyl adjacent to an activating group) is 1. The number of nitrogens with two attached hydrogens (primary N) is 1. The fourth-order valence-corrected chi connectivity index (χ4v) is 2.63. The van der Waals surface area contributed by atoms with Crippen molar-refractivity contribution in [2.75, 3.05) is 25.1 Å². The lowest BCUT2D eigenvalue weighted by Crippen LogP contribution is -2.33. The average molecular weight is 248 g/mol. The molecule has 1 saturated heterocycles.